The molecule has 2 saturated heterocycles. The molecule has 128 valence electrons. The second-order valence-corrected chi connectivity index (χ2v) is 7.27. The van der Waals surface area contributed by atoms with Gasteiger partial charge in [0, 0.05) is 46.3 Å². The smallest absolute Gasteiger partial charge is 0.193 e. The predicted octanol–water partition coefficient (Wildman–Crippen LogP) is 1.65. The fourth-order valence-corrected chi connectivity index (χ4v) is 3.51. The zero-order chi connectivity index (χ0) is 15.9. The molecule has 0 bridgehead atoms. The van der Waals surface area contributed by atoms with Crippen molar-refractivity contribution in [1.82, 2.24) is 15.1 Å². The number of ether oxygens (including phenoxy) is 1. The van der Waals surface area contributed by atoms with Crippen LogP contribution in [-0.4, -0.2) is 74.8 Å². The molecule has 2 aliphatic rings. The lowest BCUT2D eigenvalue weighted by Crippen LogP contribution is -2.52. The van der Waals surface area contributed by atoms with Crippen molar-refractivity contribution >= 4 is 5.96 Å². The van der Waals surface area contributed by atoms with Crippen LogP contribution in [-0.2, 0) is 4.74 Å². The SMILES string of the molecule is CN=C(NCC1CN(CC(C)C)CCO1)N1CCCC(C)C1. The molecule has 2 fully saturated rings. The summed E-state index contributed by atoms with van der Waals surface area (Å²) in [4.78, 5) is 9.37. The Morgan fingerprint density at radius 2 is 2.14 bits per heavy atom. The molecule has 0 aromatic rings. The first-order chi connectivity index (χ1) is 10.6. The second-order valence-electron chi connectivity index (χ2n) is 7.27. The summed E-state index contributed by atoms with van der Waals surface area (Å²) in [5.41, 5.74) is 0. The molecule has 2 rings (SSSR count). The Labute approximate surface area is 136 Å². The summed E-state index contributed by atoms with van der Waals surface area (Å²) in [6.07, 6.45) is 2.87. The van der Waals surface area contributed by atoms with Crippen LogP contribution in [0, 0.1) is 11.8 Å². The number of hydrogen-bond acceptors (Lipinski definition) is 3. The molecule has 5 nitrogen and oxygen atoms in total. The Morgan fingerprint density at radius 3 is 2.82 bits per heavy atom. The Kier molecular flexibility index (Phi) is 6.96. The first-order valence-corrected chi connectivity index (χ1v) is 8.88. The second kappa shape index (κ2) is 8.73. The van der Waals surface area contributed by atoms with Crippen LogP contribution in [0.2, 0.25) is 0 Å². The lowest BCUT2D eigenvalue weighted by Gasteiger charge is -2.36. The maximum atomic E-state index is 5.92. The van der Waals surface area contributed by atoms with Gasteiger partial charge in [-0.15, -0.1) is 0 Å². The van der Waals surface area contributed by atoms with Crippen molar-refractivity contribution in [2.24, 2.45) is 16.8 Å². The van der Waals surface area contributed by atoms with Crippen molar-refractivity contribution < 1.29 is 4.74 Å². The summed E-state index contributed by atoms with van der Waals surface area (Å²) in [6.45, 7) is 14.1. The Bertz CT molecular complexity index is 359. The molecular weight excluding hydrogens is 276 g/mol. The van der Waals surface area contributed by atoms with E-state index >= 15 is 0 Å². The van der Waals surface area contributed by atoms with Crippen molar-refractivity contribution in [3.8, 4) is 0 Å². The van der Waals surface area contributed by atoms with E-state index in [1.165, 1.54) is 12.8 Å². The van der Waals surface area contributed by atoms with Gasteiger partial charge >= 0.3 is 0 Å². The predicted molar refractivity (Wildman–Crippen MR) is 92.4 cm³/mol. The number of likely N-dealkylation sites (tertiary alicyclic amines) is 1. The Balaban J connectivity index is 1.77. The maximum Gasteiger partial charge on any atom is 0.193 e. The van der Waals surface area contributed by atoms with Crippen LogP contribution >= 0.6 is 0 Å². The molecule has 5 heteroatoms. The molecule has 0 amide bonds. The first kappa shape index (κ1) is 17.5. The van der Waals surface area contributed by atoms with Gasteiger partial charge in [0.25, 0.3) is 0 Å². The van der Waals surface area contributed by atoms with Gasteiger partial charge in [0.1, 0.15) is 0 Å². The van der Waals surface area contributed by atoms with Crippen molar-refractivity contribution in [2.45, 2.75) is 39.7 Å². The molecule has 2 aliphatic heterocycles. The number of hydrogen-bond donors (Lipinski definition) is 1. The van der Waals surface area contributed by atoms with Gasteiger partial charge in [-0.2, -0.15) is 0 Å². The summed E-state index contributed by atoms with van der Waals surface area (Å²) >= 11 is 0. The van der Waals surface area contributed by atoms with Gasteiger partial charge in [-0.25, -0.2) is 0 Å². The van der Waals surface area contributed by atoms with Crippen molar-refractivity contribution in [2.75, 3.05) is 52.9 Å². The highest BCUT2D eigenvalue weighted by Gasteiger charge is 2.23. The van der Waals surface area contributed by atoms with Crippen molar-refractivity contribution in [3.63, 3.8) is 0 Å². The lowest BCUT2D eigenvalue weighted by molar-refractivity contribution is -0.0287. The van der Waals surface area contributed by atoms with E-state index < -0.39 is 0 Å². The third-order valence-electron chi connectivity index (χ3n) is 4.50. The summed E-state index contributed by atoms with van der Waals surface area (Å²) in [5.74, 6) is 2.52. The summed E-state index contributed by atoms with van der Waals surface area (Å²) < 4.78 is 5.92. The van der Waals surface area contributed by atoms with Crippen LogP contribution in [0.1, 0.15) is 33.6 Å². The number of nitrogens with zero attached hydrogens (tertiary/aromatic N) is 3. The average molecular weight is 310 g/mol. The monoisotopic (exact) mass is 310 g/mol. The standard InChI is InChI=1S/C17H34N4O/c1-14(2)11-20-8-9-22-16(13-20)10-19-17(18-4)21-7-5-6-15(3)12-21/h14-16H,5-13H2,1-4H3,(H,18,19). The molecule has 0 saturated carbocycles. The Hall–Kier alpha value is -0.810. The molecule has 0 aromatic heterocycles. The number of aliphatic imine (C=N–C) groups is 1. The molecule has 0 radical (unpaired) electrons. The third-order valence-corrected chi connectivity index (χ3v) is 4.50. The van der Waals surface area contributed by atoms with E-state index in [2.05, 4.69) is 40.9 Å². The van der Waals surface area contributed by atoms with Crippen LogP contribution in [0.25, 0.3) is 0 Å². The Morgan fingerprint density at radius 1 is 1.32 bits per heavy atom. The van der Waals surface area contributed by atoms with Crippen LogP contribution in [0.4, 0.5) is 0 Å². The largest absolute Gasteiger partial charge is 0.374 e. The fraction of sp³-hybridized carbons (Fsp3) is 0.941. The van der Waals surface area contributed by atoms with E-state index in [9.17, 15) is 0 Å². The van der Waals surface area contributed by atoms with E-state index in [-0.39, 0.29) is 6.10 Å². The zero-order valence-electron chi connectivity index (χ0n) is 14.8. The molecule has 0 aliphatic carbocycles. The molecule has 22 heavy (non-hydrogen) atoms. The zero-order valence-corrected chi connectivity index (χ0v) is 14.8. The summed E-state index contributed by atoms with van der Waals surface area (Å²) in [6, 6.07) is 0. The van der Waals surface area contributed by atoms with E-state index in [0.29, 0.717) is 5.92 Å². The van der Waals surface area contributed by atoms with E-state index in [1.54, 1.807) is 0 Å². The number of guanidine groups is 1. The third kappa shape index (κ3) is 5.43. The van der Waals surface area contributed by atoms with Crippen molar-refractivity contribution in [1.29, 1.82) is 0 Å². The van der Waals surface area contributed by atoms with Gasteiger partial charge in [0.05, 0.1) is 12.7 Å². The first-order valence-electron chi connectivity index (χ1n) is 8.88. The molecular formula is C17H34N4O. The minimum Gasteiger partial charge on any atom is -0.374 e. The minimum absolute atomic E-state index is 0.270. The van der Waals surface area contributed by atoms with Gasteiger partial charge in [0.15, 0.2) is 5.96 Å². The summed E-state index contributed by atoms with van der Waals surface area (Å²) in [5, 5.41) is 3.53. The highest BCUT2D eigenvalue weighted by molar-refractivity contribution is 5.80. The maximum absolute atomic E-state index is 5.92. The van der Waals surface area contributed by atoms with Crippen LogP contribution in [0.3, 0.4) is 0 Å². The molecule has 1 N–H and O–H groups in total. The molecule has 0 aromatic carbocycles. The van der Waals surface area contributed by atoms with Crippen LogP contribution in [0.5, 0.6) is 0 Å². The van der Waals surface area contributed by atoms with E-state index in [1.807, 2.05) is 7.05 Å². The van der Waals surface area contributed by atoms with E-state index in [0.717, 1.165) is 57.8 Å². The number of rotatable bonds is 4. The highest BCUT2D eigenvalue weighted by atomic mass is 16.5. The lowest BCUT2D eigenvalue weighted by atomic mass is 10.0. The van der Waals surface area contributed by atoms with Crippen molar-refractivity contribution in [3.05, 3.63) is 0 Å². The van der Waals surface area contributed by atoms with Gasteiger partial charge in [-0.05, 0) is 24.7 Å². The number of nitrogens with one attached hydrogen (secondary N) is 1. The molecule has 2 heterocycles. The quantitative estimate of drug-likeness (QED) is 0.633. The van der Waals surface area contributed by atoms with Gasteiger partial charge in [0.2, 0.25) is 0 Å². The van der Waals surface area contributed by atoms with Gasteiger partial charge in [-0.1, -0.05) is 20.8 Å². The number of piperidine rings is 1. The van der Waals surface area contributed by atoms with Crippen LogP contribution < -0.4 is 5.32 Å². The average Bonchev–Trinajstić information content (AvgIpc) is 2.48. The molecule has 0 spiro atoms. The minimum atomic E-state index is 0.270. The highest BCUT2D eigenvalue weighted by Crippen LogP contribution is 2.15. The summed E-state index contributed by atoms with van der Waals surface area (Å²) in [7, 11) is 1.88. The molecule has 2 atom stereocenters. The topological polar surface area (TPSA) is 40.1 Å². The molecule has 2 unspecified atom stereocenters. The normalized spacial score (nSPS) is 28.2. The van der Waals surface area contributed by atoms with Crippen LogP contribution in [0.15, 0.2) is 4.99 Å². The number of morpholine rings is 1. The van der Waals surface area contributed by atoms with Gasteiger partial charge in [-0.3, -0.25) is 9.89 Å². The van der Waals surface area contributed by atoms with Gasteiger partial charge < -0.3 is 15.0 Å². The fourth-order valence-electron chi connectivity index (χ4n) is 3.51. The van der Waals surface area contributed by atoms with E-state index in [4.69, 9.17) is 4.74 Å².